The molecule has 0 saturated heterocycles. The highest BCUT2D eigenvalue weighted by Gasteiger charge is 2.19. The van der Waals surface area contributed by atoms with E-state index >= 15 is 0 Å². The molecule has 0 heterocycles. The quantitative estimate of drug-likeness (QED) is 0.0263. The van der Waals surface area contributed by atoms with Crippen LogP contribution in [0.4, 0.5) is 0 Å². The van der Waals surface area contributed by atoms with Gasteiger partial charge in [-0.1, -0.05) is 217 Å². The molecule has 0 saturated carbocycles. The molecule has 0 aliphatic carbocycles. The summed E-state index contributed by atoms with van der Waals surface area (Å²) in [7, 11) is 0. The van der Waals surface area contributed by atoms with Crippen LogP contribution in [-0.4, -0.2) is 37.2 Å². The molecule has 0 rings (SSSR count). The molecular weight excluding hydrogens is 757 g/mol. The van der Waals surface area contributed by atoms with Gasteiger partial charge < -0.3 is 14.2 Å². The summed E-state index contributed by atoms with van der Waals surface area (Å²) < 4.78 is 16.8. The number of carbonyl (C=O) groups is 3. The molecule has 0 N–H and O–H groups in total. The van der Waals surface area contributed by atoms with Crippen LogP contribution in [0.2, 0.25) is 0 Å². The Morgan fingerprint density at radius 1 is 0.344 bits per heavy atom. The Balaban J connectivity index is 4.38. The van der Waals surface area contributed by atoms with E-state index in [1.165, 1.54) is 122 Å². The van der Waals surface area contributed by atoms with Crippen molar-refractivity contribution < 1.29 is 28.6 Å². The highest BCUT2D eigenvalue weighted by atomic mass is 16.6. The molecule has 6 heteroatoms. The molecule has 6 nitrogen and oxygen atoms in total. The predicted molar refractivity (Wildman–Crippen MR) is 261 cm³/mol. The van der Waals surface area contributed by atoms with Crippen LogP contribution in [0.3, 0.4) is 0 Å². The zero-order chi connectivity index (χ0) is 44.4. The third kappa shape index (κ3) is 48.3. The average Bonchev–Trinajstić information content (AvgIpc) is 3.26. The molecule has 0 aliphatic heterocycles. The van der Waals surface area contributed by atoms with Crippen molar-refractivity contribution in [1.29, 1.82) is 0 Å². The second kappa shape index (κ2) is 50.0. The molecular formula is C55H98O6. The van der Waals surface area contributed by atoms with E-state index in [2.05, 4.69) is 69.4 Å². The summed E-state index contributed by atoms with van der Waals surface area (Å²) in [6.45, 7) is 6.50. The fourth-order valence-electron chi connectivity index (χ4n) is 7.39. The van der Waals surface area contributed by atoms with Gasteiger partial charge in [0.2, 0.25) is 0 Å². The molecule has 0 radical (unpaired) electrons. The van der Waals surface area contributed by atoms with Crippen molar-refractivity contribution in [3.63, 3.8) is 0 Å². The maximum atomic E-state index is 12.8. The lowest BCUT2D eigenvalue weighted by Crippen LogP contribution is -2.30. The number of allylic oxidation sites excluding steroid dienone is 8. The van der Waals surface area contributed by atoms with Gasteiger partial charge in [-0.25, -0.2) is 0 Å². The fraction of sp³-hybridized carbons (Fsp3) is 0.800. The van der Waals surface area contributed by atoms with Crippen molar-refractivity contribution in [2.75, 3.05) is 13.2 Å². The number of hydrogen-bond donors (Lipinski definition) is 0. The van der Waals surface area contributed by atoms with E-state index in [9.17, 15) is 14.4 Å². The van der Waals surface area contributed by atoms with E-state index in [-0.39, 0.29) is 31.1 Å². The van der Waals surface area contributed by atoms with Gasteiger partial charge in [-0.2, -0.15) is 0 Å². The van der Waals surface area contributed by atoms with E-state index < -0.39 is 6.10 Å². The Bertz CT molecular complexity index is 1070. The van der Waals surface area contributed by atoms with E-state index in [0.717, 1.165) is 103 Å². The highest BCUT2D eigenvalue weighted by Crippen LogP contribution is 2.15. The molecule has 0 aromatic heterocycles. The lowest BCUT2D eigenvalue weighted by atomic mass is 10.0. The summed E-state index contributed by atoms with van der Waals surface area (Å²) in [5, 5.41) is 0. The molecule has 0 aliphatic rings. The Hall–Kier alpha value is -2.63. The lowest BCUT2D eigenvalue weighted by molar-refractivity contribution is -0.167. The minimum absolute atomic E-state index is 0.0804. The first kappa shape index (κ1) is 58.4. The van der Waals surface area contributed by atoms with Crippen molar-refractivity contribution >= 4 is 17.9 Å². The summed E-state index contributed by atoms with van der Waals surface area (Å²) >= 11 is 0. The highest BCUT2D eigenvalue weighted by molar-refractivity contribution is 5.71. The van der Waals surface area contributed by atoms with Crippen LogP contribution in [0.1, 0.15) is 265 Å². The van der Waals surface area contributed by atoms with Crippen LogP contribution in [-0.2, 0) is 28.6 Å². The molecule has 354 valence electrons. The van der Waals surface area contributed by atoms with E-state index in [4.69, 9.17) is 14.2 Å². The van der Waals surface area contributed by atoms with Crippen molar-refractivity contribution in [1.82, 2.24) is 0 Å². The van der Waals surface area contributed by atoms with Crippen LogP contribution >= 0.6 is 0 Å². The van der Waals surface area contributed by atoms with Gasteiger partial charge in [0.05, 0.1) is 0 Å². The Labute approximate surface area is 378 Å². The van der Waals surface area contributed by atoms with Gasteiger partial charge in [0, 0.05) is 19.3 Å². The molecule has 0 aromatic carbocycles. The fourth-order valence-corrected chi connectivity index (χ4v) is 7.39. The van der Waals surface area contributed by atoms with Crippen LogP contribution in [0.5, 0.6) is 0 Å². The van der Waals surface area contributed by atoms with Gasteiger partial charge in [-0.05, 0) is 77.0 Å². The van der Waals surface area contributed by atoms with Crippen LogP contribution < -0.4 is 0 Å². The zero-order valence-corrected chi connectivity index (χ0v) is 40.4. The number of ether oxygens (including phenoxy) is 3. The van der Waals surface area contributed by atoms with Gasteiger partial charge in [0.15, 0.2) is 6.10 Å². The number of rotatable bonds is 47. The summed E-state index contributed by atoms with van der Waals surface area (Å²) in [4.78, 5) is 38.0. The first-order valence-corrected chi connectivity index (χ1v) is 26.1. The summed E-state index contributed by atoms with van der Waals surface area (Å²) in [6, 6.07) is 0. The zero-order valence-electron chi connectivity index (χ0n) is 40.4. The normalized spacial score (nSPS) is 12.4. The minimum Gasteiger partial charge on any atom is -0.462 e. The second-order valence-corrected chi connectivity index (χ2v) is 17.4. The van der Waals surface area contributed by atoms with Crippen molar-refractivity contribution in [2.45, 2.75) is 271 Å². The molecule has 0 spiro atoms. The topological polar surface area (TPSA) is 78.9 Å². The van der Waals surface area contributed by atoms with Crippen LogP contribution in [0.15, 0.2) is 48.6 Å². The summed E-state index contributed by atoms with van der Waals surface area (Å²) in [6.07, 6.45) is 59.5. The number of esters is 3. The molecule has 0 bridgehead atoms. The number of unbranched alkanes of at least 4 members (excludes halogenated alkanes) is 28. The van der Waals surface area contributed by atoms with E-state index in [0.29, 0.717) is 19.3 Å². The number of hydrogen-bond acceptors (Lipinski definition) is 6. The predicted octanol–water partition coefficient (Wildman–Crippen LogP) is 17.1. The van der Waals surface area contributed by atoms with Crippen LogP contribution in [0.25, 0.3) is 0 Å². The van der Waals surface area contributed by atoms with Crippen molar-refractivity contribution in [3.05, 3.63) is 48.6 Å². The smallest absolute Gasteiger partial charge is 0.306 e. The molecule has 1 atom stereocenters. The van der Waals surface area contributed by atoms with E-state index in [1.807, 2.05) is 0 Å². The monoisotopic (exact) mass is 855 g/mol. The maximum Gasteiger partial charge on any atom is 0.306 e. The van der Waals surface area contributed by atoms with Crippen molar-refractivity contribution in [2.24, 2.45) is 0 Å². The van der Waals surface area contributed by atoms with Crippen LogP contribution in [0, 0.1) is 0 Å². The largest absolute Gasteiger partial charge is 0.462 e. The van der Waals surface area contributed by atoms with Gasteiger partial charge in [-0.3, -0.25) is 14.4 Å². The third-order valence-electron chi connectivity index (χ3n) is 11.3. The molecule has 61 heavy (non-hydrogen) atoms. The van der Waals surface area contributed by atoms with Gasteiger partial charge in [0.25, 0.3) is 0 Å². The number of carbonyl (C=O) groups excluding carboxylic acids is 3. The standard InChI is InChI=1S/C55H98O6/c1-4-7-10-13-16-19-22-25-27-29-30-33-36-39-42-45-48-54(57)60-51-52(50-59-53(56)47-44-41-38-35-32-24-21-18-15-12-9-6-3)61-55(58)49-46-43-40-37-34-31-28-26-23-20-17-14-11-8-5-2/h8,11,17-18,20-21,26,28,52H,4-7,9-10,12-16,19,22-25,27,29-51H2,1-3H3/b11-8-,20-17-,21-18-,28-26-. The minimum atomic E-state index is -0.782. The Morgan fingerprint density at radius 2 is 0.639 bits per heavy atom. The lowest BCUT2D eigenvalue weighted by Gasteiger charge is -2.18. The van der Waals surface area contributed by atoms with E-state index in [1.54, 1.807) is 0 Å². The maximum absolute atomic E-state index is 12.8. The van der Waals surface area contributed by atoms with Gasteiger partial charge >= 0.3 is 17.9 Å². The SMILES string of the molecule is CC/C=C\C/C=C\C/C=C\CCCCCCCC(=O)OC(COC(=O)CCCCCCC/C=C\CCCCC)COC(=O)CCCCCCCCCCCCCCCCCC. The summed E-state index contributed by atoms with van der Waals surface area (Å²) in [5.41, 5.74) is 0. The van der Waals surface area contributed by atoms with Crippen molar-refractivity contribution in [3.8, 4) is 0 Å². The Morgan fingerprint density at radius 3 is 1.05 bits per heavy atom. The first-order valence-electron chi connectivity index (χ1n) is 26.1. The first-order chi connectivity index (χ1) is 30.0. The third-order valence-corrected chi connectivity index (χ3v) is 11.3. The Kier molecular flexibility index (Phi) is 47.9. The average molecular weight is 855 g/mol. The summed E-state index contributed by atoms with van der Waals surface area (Å²) in [5.74, 6) is -0.899. The molecule has 1 unspecified atom stereocenters. The second-order valence-electron chi connectivity index (χ2n) is 17.4. The van der Waals surface area contributed by atoms with Gasteiger partial charge in [-0.15, -0.1) is 0 Å². The molecule has 0 fully saturated rings. The molecule has 0 amide bonds. The molecule has 0 aromatic rings. The van der Waals surface area contributed by atoms with Gasteiger partial charge in [0.1, 0.15) is 13.2 Å².